The van der Waals surface area contributed by atoms with Gasteiger partial charge in [0.15, 0.2) is 0 Å². The van der Waals surface area contributed by atoms with Gasteiger partial charge < -0.3 is 19.9 Å². The zero-order valence-corrected chi connectivity index (χ0v) is 10.8. The highest BCUT2D eigenvalue weighted by Crippen LogP contribution is 2.24. The van der Waals surface area contributed by atoms with Gasteiger partial charge in [0, 0.05) is 24.8 Å². The number of benzene rings is 1. The first kappa shape index (κ1) is 14.9. The number of rotatable bonds is 8. The van der Waals surface area contributed by atoms with E-state index in [2.05, 4.69) is 0 Å². The van der Waals surface area contributed by atoms with Gasteiger partial charge in [-0.1, -0.05) is 6.07 Å². The summed E-state index contributed by atoms with van der Waals surface area (Å²) in [7, 11) is 1.61. The molecule has 0 spiro atoms. The summed E-state index contributed by atoms with van der Waals surface area (Å²) in [5, 5.41) is 0. The normalized spacial score (nSPS) is 12.4. The average Bonchev–Trinajstić information content (AvgIpc) is 2.33. The molecule has 1 atom stereocenters. The zero-order valence-electron chi connectivity index (χ0n) is 10.8. The Hall–Kier alpha value is -1.17. The molecule has 1 aromatic carbocycles. The molecule has 1 aromatic rings. The van der Waals surface area contributed by atoms with Crippen LogP contribution in [0.5, 0.6) is 5.75 Å². The average molecular weight is 257 g/mol. The third-order valence-corrected chi connectivity index (χ3v) is 2.38. The molecule has 0 fully saturated rings. The van der Waals surface area contributed by atoms with Crippen molar-refractivity contribution < 1.29 is 18.6 Å². The summed E-state index contributed by atoms with van der Waals surface area (Å²) in [6.45, 7) is 3.68. The minimum Gasteiger partial charge on any atom is -0.491 e. The van der Waals surface area contributed by atoms with Gasteiger partial charge in [-0.15, -0.1) is 0 Å². The third-order valence-electron chi connectivity index (χ3n) is 2.38. The van der Waals surface area contributed by atoms with Crippen LogP contribution in [-0.4, -0.2) is 33.5 Å². The maximum Gasteiger partial charge on any atom is 0.127 e. The first-order valence-electron chi connectivity index (χ1n) is 5.89. The van der Waals surface area contributed by atoms with Crippen LogP contribution in [0, 0.1) is 5.82 Å². The molecule has 0 aliphatic heterocycles. The summed E-state index contributed by atoms with van der Waals surface area (Å²) in [6, 6.07) is 4.16. The van der Waals surface area contributed by atoms with Crippen LogP contribution in [0.2, 0.25) is 0 Å². The molecule has 0 bridgehead atoms. The Bertz CT molecular complexity index is 358. The molecule has 5 heteroatoms. The highest BCUT2D eigenvalue weighted by atomic mass is 19.1. The van der Waals surface area contributed by atoms with Gasteiger partial charge >= 0.3 is 0 Å². The largest absolute Gasteiger partial charge is 0.491 e. The highest BCUT2D eigenvalue weighted by molar-refractivity contribution is 5.36. The molecular weight excluding hydrogens is 237 g/mol. The predicted molar refractivity (Wildman–Crippen MR) is 67.2 cm³/mol. The number of ether oxygens (including phenoxy) is 3. The monoisotopic (exact) mass is 257 g/mol. The van der Waals surface area contributed by atoms with Crippen LogP contribution in [-0.2, 0) is 9.47 Å². The molecule has 18 heavy (non-hydrogen) atoms. The number of methoxy groups -OCH3 is 1. The van der Waals surface area contributed by atoms with E-state index >= 15 is 0 Å². The number of halogens is 1. The van der Waals surface area contributed by atoms with Crippen LogP contribution in [0.25, 0.3) is 0 Å². The van der Waals surface area contributed by atoms with Gasteiger partial charge in [-0.2, -0.15) is 0 Å². The first-order valence-corrected chi connectivity index (χ1v) is 5.89. The van der Waals surface area contributed by atoms with E-state index in [1.165, 1.54) is 12.1 Å². The van der Waals surface area contributed by atoms with Gasteiger partial charge in [0.1, 0.15) is 18.2 Å². The first-order chi connectivity index (χ1) is 8.65. The fourth-order valence-electron chi connectivity index (χ4n) is 1.46. The van der Waals surface area contributed by atoms with Crippen molar-refractivity contribution in [2.24, 2.45) is 5.73 Å². The standard InChI is InChI=1S/C13H20FNO3/c1-10(15)12-4-3-11(14)9-13(12)18-8-7-17-6-5-16-2/h3-4,9-10H,5-8,15H2,1-2H3/t10-/m1/s1. The molecule has 102 valence electrons. The van der Waals surface area contributed by atoms with Crippen molar-refractivity contribution in [3.63, 3.8) is 0 Å². The Labute approximate surface area is 107 Å². The minimum absolute atomic E-state index is 0.199. The Morgan fingerprint density at radius 1 is 1.22 bits per heavy atom. The van der Waals surface area contributed by atoms with Crippen LogP contribution in [0.15, 0.2) is 18.2 Å². The lowest BCUT2D eigenvalue weighted by molar-refractivity contribution is 0.0542. The molecule has 0 saturated carbocycles. The molecule has 2 N–H and O–H groups in total. The van der Waals surface area contributed by atoms with Crippen molar-refractivity contribution in [1.82, 2.24) is 0 Å². The van der Waals surface area contributed by atoms with Crippen molar-refractivity contribution in [3.8, 4) is 5.75 Å². The van der Waals surface area contributed by atoms with Gasteiger partial charge in [0.2, 0.25) is 0 Å². The van der Waals surface area contributed by atoms with E-state index in [9.17, 15) is 4.39 Å². The van der Waals surface area contributed by atoms with Crippen molar-refractivity contribution in [2.75, 3.05) is 33.5 Å². The molecule has 0 aromatic heterocycles. The summed E-state index contributed by atoms with van der Waals surface area (Å²) in [5.74, 6) is 0.134. The number of hydrogen-bond acceptors (Lipinski definition) is 4. The van der Waals surface area contributed by atoms with Crippen LogP contribution in [0.4, 0.5) is 4.39 Å². The number of nitrogens with two attached hydrogens (primary N) is 1. The molecule has 0 unspecified atom stereocenters. The van der Waals surface area contributed by atoms with Crippen LogP contribution < -0.4 is 10.5 Å². The molecule has 0 heterocycles. The summed E-state index contributed by atoms with van der Waals surface area (Å²) in [5.41, 5.74) is 6.57. The van der Waals surface area contributed by atoms with Gasteiger partial charge in [-0.3, -0.25) is 0 Å². The van der Waals surface area contributed by atoms with E-state index in [4.69, 9.17) is 19.9 Å². The minimum atomic E-state index is -0.338. The quantitative estimate of drug-likeness (QED) is 0.722. The Balaban J connectivity index is 2.43. The van der Waals surface area contributed by atoms with E-state index in [1.54, 1.807) is 13.2 Å². The van der Waals surface area contributed by atoms with Gasteiger partial charge in [-0.05, 0) is 13.0 Å². The number of hydrogen-bond donors (Lipinski definition) is 1. The van der Waals surface area contributed by atoms with E-state index in [-0.39, 0.29) is 11.9 Å². The third kappa shape index (κ3) is 5.00. The fourth-order valence-corrected chi connectivity index (χ4v) is 1.46. The van der Waals surface area contributed by atoms with Crippen LogP contribution >= 0.6 is 0 Å². The van der Waals surface area contributed by atoms with Crippen LogP contribution in [0.3, 0.4) is 0 Å². The van der Waals surface area contributed by atoms with Crippen molar-refractivity contribution in [2.45, 2.75) is 13.0 Å². The van der Waals surface area contributed by atoms with Crippen molar-refractivity contribution in [3.05, 3.63) is 29.6 Å². The van der Waals surface area contributed by atoms with Gasteiger partial charge in [-0.25, -0.2) is 4.39 Å². The van der Waals surface area contributed by atoms with Crippen molar-refractivity contribution in [1.29, 1.82) is 0 Å². The van der Waals surface area contributed by atoms with Crippen LogP contribution in [0.1, 0.15) is 18.5 Å². The Morgan fingerprint density at radius 2 is 1.94 bits per heavy atom. The maximum atomic E-state index is 13.1. The SMILES string of the molecule is COCCOCCOc1cc(F)ccc1[C@@H](C)N. The molecule has 1 rings (SSSR count). The van der Waals surface area contributed by atoms with Gasteiger partial charge in [0.05, 0.1) is 19.8 Å². The molecule has 0 radical (unpaired) electrons. The second-order valence-corrected chi connectivity index (χ2v) is 3.92. The van der Waals surface area contributed by atoms with E-state index in [0.717, 1.165) is 5.56 Å². The lowest BCUT2D eigenvalue weighted by Gasteiger charge is -2.14. The van der Waals surface area contributed by atoms with E-state index in [1.807, 2.05) is 6.92 Å². The van der Waals surface area contributed by atoms with Crippen molar-refractivity contribution >= 4 is 0 Å². The molecule has 0 aliphatic carbocycles. The lowest BCUT2D eigenvalue weighted by Crippen LogP contribution is -2.13. The van der Waals surface area contributed by atoms with Gasteiger partial charge in [0.25, 0.3) is 0 Å². The molecule has 4 nitrogen and oxygen atoms in total. The smallest absolute Gasteiger partial charge is 0.127 e. The molecule has 0 amide bonds. The Morgan fingerprint density at radius 3 is 2.61 bits per heavy atom. The molecule has 0 saturated heterocycles. The second-order valence-electron chi connectivity index (χ2n) is 3.92. The zero-order chi connectivity index (χ0) is 13.4. The maximum absolute atomic E-state index is 13.1. The fraction of sp³-hybridized carbons (Fsp3) is 0.538. The summed E-state index contributed by atoms with van der Waals surface area (Å²) >= 11 is 0. The lowest BCUT2D eigenvalue weighted by atomic mass is 10.1. The predicted octanol–water partition coefficient (Wildman–Crippen LogP) is 1.89. The summed E-state index contributed by atoms with van der Waals surface area (Å²) < 4.78 is 28.7. The topological polar surface area (TPSA) is 53.7 Å². The van der Waals surface area contributed by atoms with E-state index < -0.39 is 0 Å². The second kappa shape index (κ2) is 8.02. The van der Waals surface area contributed by atoms with E-state index in [0.29, 0.717) is 32.2 Å². The summed E-state index contributed by atoms with van der Waals surface area (Å²) in [4.78, 5) is 0. The molecular formula is C13H20FNO3. The highest BCUT2D eigenvalue weighted by Gasteiger charge is 2.09. The Kier molecular flexibility index (Phi) is 6.64. The molecule has 0 aliphatic rings. The summed E-state index contributed by atoms with van der Waals surface area (Å²) in [6.07, 6.45) is 0.